The minimum absolute atomic E-state index is 0.249. The lowest BCUT2D eigenvalue weighted by Gasteiger charge is -2.16. The van der Waals surface area contributed by atoms with Gasteiger partial charge in [-0.15, -0.1) is 0 Å². The molecule has 0 aromatic heterocycles. The van der Waals surface area contributed by atoms with E-state index in [0.717, 1.165) is 0 Å². The number of carbonyl (C=O) groups is 2. The number of anilines is 2. The molecule has 162 valence electrons. The van der Waals surface area contributed by atoms with Crippen molar-refractivity contribution in [3.8, 4) is 23.0 Å². The molecule has 3 N–H and O–H groups in total. The summed E-state index contributed by atoms with van der Waals surface area (Å²) in [4.78, 5) is 24.8. The maximum absolute atomic E-state index is 12.9. The number of carbonyl (C=O) groups excluding carboxylic acids is 2. The third-order valence-electron chi connectivity index (χ3n) is 4.11. The number of methoxy groups -OCH3 is 3. The summed E-state index contributed by atoms with van der Waals surface area (Å²) in [5, 5.41) is 14.8. The van der Waals surface area contributed by atoms with E-state index in [0.29, 0.717) is 41.0 Å². The van der Waals surface area contributed by atoms with Gasteiger partial charge < -0.3 is 34.7 Å². The highest BCUT2D eigenvalue weighted by Crippen LogP contribution is 2.38. The summed E-state index contributed by atoms with van der Waals surface area (Å²) in [7, 11) is 4.37. The number of ether oxygens (including phenoxy) is 4. The van der Waals surface area contributed by atoms with Gasteiger partial charge >= 0.3 is 0 Å². The number of hydrogen-bond acceptors (Lipinski definition) is 7. The zero-order valence-corrected chi connectivity index (χ0v) is 17.6. The minimum Gasteiger partial charge on any atom is -0.494 e. The molecule has 0 radical (unpaired) electrons. The molecule has 30 heavy (non-hydrogen) atoms. The molecule has 0 heterocycles. The second-order valence-corrected chi connectivity index (χ2v) is 6.17. The fraction of sp³-hybridized carbons (Fsp3) is 0.333. The summed E-state index contributed by atoms with van der Waals surface area (Å²) in [5.41, 5.74) is 0.859. The molecule has 0 saturated carbocycles. The van der Waals surface area contributed by atoms with Crippen LogP contribution in [-0.2, 0) is 4.79 Å². The fourth-order valence-corrected chi connectivity index (χ4v) is 2.64. The van der Waals surface area contributed by atoms with Gasteiger partial charge in [-0.2, -0.15) is 0 Å². The van der Waals surface area contributed by atoms with E-state index in [9.17, 15) is 14.7 Å². The van der Waals surface area contributed by atoms with Gasteiger partial charge in [0, 0.05) is 11.6 Å². The largest absolute Gasteiger partial charge is 0.494 e. The third-order valence-corrected chi connectivity index (χ3v) is 4.11. The lowest BCUT2D eigenvalue weighted by Crippen LogP contribution is -2.25. The first-order chi connectivity index (χ1) is 14.3. The molecule has 1 atom stereocenters. The fourth-order valence-electron chi connectivity index (χ4n) is 2.64. The Morgan fingerprint density at radius 1 is 0.967 bits per heavy atom. The molecular weight excluding hydrogens is 392 g/mol. The molecule has 0 bridgehead atoms. The first-order valence-corrected chi connectivity index (χ1v) is 9.21. The quantitative estimate of drug-likeness (QED) is 0.573. The molecule has 0 fully saturated rings. The average molecular weight is 418 g/mol. The number of aliphatic hydroxyl groups is 1. The third kappa shape index (κ3) is 5.32. The molecule has 9 nitrogen and oxygen atoms in total. The van der Waals surface area contributed by atoms with E-state index in [4.69, 9.17) is 18.9 Å². The van der Waals surface area contributed by atoms with Crippen molar-refractivity contribution in [2.75, 3.05) is 38.6 Å². The van der Waals surface area contributed by atoms with Gasteiger partial charge in [0.25, 0.3) is 11.8 Å². The lowest BCUT2D eigenvalue weighted by atomic mass is 10.1. The summed E-state index contributed by atoms with van der Waals surface area (Å²) < 4.78 is 21.3. The van der Waals surface area contributed by atoms with Crippen molar-refractivity contribution in [3.05, 3.63) is 35.9 Å². The SMILES string of the molecule is CCOc1ccc(NC(=O)C(C)O)c(NC(=O)c2cc(OC)c(OC)c(OC)c2)c1. The van der Waals surface area contributed by atoms with Crippen LogP contribution in [0.3, 0.4) is 0 Å². The van der Waals surface area contributed by atoms with E-state index in [1.165, 1.54) is 40.4 Å². The topological polar surface area (TPSA) is 115 Å². The van der Waals surface area contributed by atoms with Crippen LogP contribution in [0.25, 0.3) is 0 Å². The second-order valence-electron chi connectivity index (χ2n) is 6.17. The van der Waals surface area contributed by atoms with Crippen LogP contribution in [-0.4, -0.2) is 51.0 Å². The summed E-state index contributed by atoms with van der Waals surface area (Å²) in [5.74, 6) is 0.436. The molecule has 1 unspecified atom stereocenters. The van der Waals surface area contributed by atoms with E-state index in [-0.39, 0.29) is 5.56 Å². The summed E-state index contributed by atoms with van der Waals surface area (Å²) in [6, 6.07) is 7.83. The zero-order valence-electron chi connectivity index (χ0n) is 17.6. The monoisotopic (exact) mass is 418 g/mol. The molecule has 2 amide bonds. The predicted molar refractivity (Wildman–Crippen MR) is 112 cm³/mol. The lowest BCUT2D eigenvalue weighted by molar-refractivity contribution is -0.123. The highest BCUT2D eigenvalue weighted by molar-refractivity contribution is 6.08. The maximum atomic E-state index is 12.9. The highest BCUT2D eigenvalue weighted by Gasteiger charge is 2.19. The number of amides is 2. The van der Waals surface area contributed by atoms with E-state index < -0.39 is 17.9 Å². The highest BCUT2D eigenvalue weighted by atomic mass is 16.5. The Hall–Kier alpha value is -3.46. The molecule has 0 spiro atoms. The molecule has 2 aromatic carbocycles. The first-order valence-electron chi connectivity index (χ1n) is 9.21. The Labute approximate surface area is 174 Å². The van der Waals surface area contributed by atoms with Crippen molar-refractivity contribution in [2.24, 2.45) is 0 Å². The van der Waals surface area contributed by atoms with Crippen LogP contribution in [0.5, 0.6) is 23.0 Å². The average Bonchev–Trinajstić information content (AvgIpc) is 2.74. The van der Waals surface area contributed by atoms with E-state index in [1.807, 2.05) is 6.92 Å². The molecular formula is C21H26N2O7. The van der Waals surface area contributed by atoms with Crippen molar-refractivity contribution in [2.45, 2.75) is 20.0 Å². The van der Waals surface area contributed by atoms with Gasteiger partial charge in [0.15, 0.2) is 11.5 Å². The predicted octanol–water partition coefficient (Wildman–Crippen LogP) is 2.68. The molecule has 2 rings (SSSR count). The zero-order chi connectivity index (χ0) is 22.3. The van der Waals surface area contributed by atoms with Crippen LogP contribution >= 0.6 is 0 Å². The molecule has 0 aliphatic carbocycles. The Morgan fingerprint density at radius 2 is 1.60 bits per heavy atom. The van der Waals surface area contributed by atoms with E-state index in [2.05, 4.69) is 10.6 Å². The van der Waals surface area contributed by atoms with Crippen molar-refractivity contribution >= 4 is 23.2 Å². The molecule has 0 aliphatic heterocycles. The van der Waals surface area contributed by atoms with Crippen molar-refractivity contribution in [1.82, 2.24) is 0 Å². The van der Waals surface area contributed by atoms with Gasteiger partial charge in [0.1, 0.15) is 11.9 Å². The van der Waals surface area contributed by atoms with Gasteiger partial charge in [0.2, 0.25) is 5.75 Å². The van der Waals surface area contributed by atoms with Gasteiger partial charge in [-0.05, 0) is 38.1 Å². The molecule has 2 aromatic rings. The maximum Gasteiger partial charge on any atom is 0.256 e. The summed E-state index contributed by atoms with van der Waals surface area (Å²) >= 11 is 0. The van der Waals surface area contributed by atoms with Crippen molar-refractivity contribution in [3.63, 3.8) is 0 Å². The van der Waals surface area contributed by atoms with Gasteiger partial charge in [-0.3, -0.25) is 9.59 Å². The second kappa shape index (κ2) is 10.4. The Balaban J connectivity index is 2.41. The van der Waals surface area contributed by atoms with Crippen LogP contribution in [0.15, 0.2) is 30.3 Å². The van der Waals surface area contributed by atoms with E-state index >= 15 is 0 Å². The molecule has 9 heteroatoms. The normalized spacial score (nSPS) is 11.3. The van der Waals surface area contributed by atoms with Gasteiger partial charge in [-0.25, -0.2) is 0 Å². The number of benzene rings is 2. The van der Waals surface area contributed by atoms with Crippen LogP contribution in [0.2, 0.25) is 0 Å². The summed E-state index contributed by atoms with van der Waals surface area (Å²) in [6.45, 7) is 3.61. The number of nitrogens with one attached hydrogen (secondary N) is 2. The number of aliphatic hydroxyl groups excluding tert-OH is 1. The van der Waals surface area contributed by atoms with Crippen molar-refractivity contribution < 1.29 is 33.6 Å². The van der Waals surface area contributed by atoms with Gasteiger partial charge in [0.05, 0.1) is 39.3 Å². The number of hydrogen-bond donors (Lipinski definition) is 3. The van der Waals surface area contributed by atoms with Crippen LogP contribution in [0.4, 0.5) is 11.4 Å². The molecule has 0 aliphatic rings. The van der Waals surface area contributed by atoms with Crippen LogP contribution in [0.1, 0.15) is 24.2 Å². The first kappa shape index (κ1) is 22.8. The van der Waals surface area contributed by atoms with Crippen LogP contribution in [0, 0.1) is 0 Å². The smallest absolute Gasteiger partial charge is 0.256 e. The van der Waals surface area contributed by atoms with E-state index in [1.54, 1.807) is 18.2 Å². The Bertz CT molecular complexity index is 887. The van der Waals surface area contributed by atoms with Crippen LogP contribution < -0.4 is 29.6 Å². The Kier molecular flexibility index (Phi) is 7.88. The van der Waals surface area contributed by atoms with Gasteiger partial charge in [-0.1, -0.05) is 0 Å². The summed E-state index contributed by atoms with van der Waals surface area (Å²) in [6.07, 6.45) is -1.21. The number of rotatable bonds is 9. The molecule has 0 saturated heterocycles. The minimum atomic E-state index is -1.21. The van der Waals surface area contributed by atoms with Crippen molar-refractivity contribution in [1.29, 1.82) is 0 Å². The Morgan fingerprint density at radius 3 is 2.10 bits per heavy atom. The standard InChI is InChI=1S/C21H26N2O7/c1-6-30-14-7-8-15(22-20(25)12(2)24)16(11-14)23-21(26)13-9-17(27-3)19(29-5)18(10-13)28-4/h7-12,24H,6H2,1-5H3,(H,22,25)(H,23,26).